The van der Waals surface area contributed by atoms with Gasteiger partial charge in [-0.1, -0.05) is 18.2 Å². The topological polar surface area (TPSA) is 76.1 Å². The summed E-state index contributed by atoms with van der Waals surface area (Å²) in [4.78, 5) is 38.2. The molecule has 0 radical (unpaired) electrons. The molecule has 100 valence electrons. The Labute approximate surface area is 115 Å². The van der Waals surface area contributed by atoms with E-state index in [2.05, 4.69) is 10.3 Å². The summed E-state index contributed by atoms with van der Waals surface area (Å²) in [6.07, 6.45) is 3.19. The number of nitrogens with one attached hydrogen (secondary N) is 1. The minimum atomic E-state index is -0.406. The maximum absolute atomic E-state index is 11.8. The van der Waals surface area contributed by atoms with E-state index in [9.17, 15) is 14.4 Å². The zero-order valence-electron chi connectivity index (χ0n) is 10.6. The maximum atomic E-state index is 11.8. The van der Waals surface area contributed by atoms with E-state index in [1.807, 2.05) is 12.1 Å². The molecule has 0 saturated carbocycles. The van der Waals surface area contributed by atoms with Crippen LogP contribution in [0.3, 0.4) is 0 Å². The molecule has 3 rings (SSSR count). The van der Waals surface area contributed by atoms with Crippen molar-refractivity contribution in [2.75, 3.05) is 0 Å². The van der Waals surface area contributed by atoms with Gasteiger partial charge in [-0.05, 0) is 17.9 Å². The van der Waals surface area contributed by atoms with Gasteiger partial charge in [-0.2, -0.15) is 0 Å². The largest absolute Gasteiger partial charge is 0.298 e. The molecule has 2 heterocycles. The van der Waals surface area contributed by atoms with E-state index >= 15 is 0 Å². The second kappa shape index (κ2) is 4.85. The zero-order valence-corrected chi connectivity index (χ0v) is 10.6. The third-order valence-corrected chi connectivity index (χ3v) is 3.54. The summed E-state index contributed by atoms with van der Waals surface area (Å²) in [7, 11) is 0. The molecular formula is C15H12N2O3. The number of fused-ring (bicyclic) bond motifs is 1. The lowest BCUT2D eigenvalue weighted by Gasteiger charge is -2.20. The average molecular weight is 268 g/mol. The van der Waals surface area contributed by atoms with E-state index in [0.29, 0.717) is 24.1 Å². The first kappa shape index (κ1) is 12.5. The summed E-state index contributed by atoms with van der Waals surface area (Å²) in [6.45, 7) is 0. The van der Waals surface area contributed by atoms with Gasteiger partial charge in [-0.25, -0.2) is 0 Å². The molecule has 5 nitrogen and oxygen atoms in total. The SMILES string of the molecule is O=Cc1cccc2cc(C3CCC(=O)NC3=O)ncc12. The summed E-state index contributed by atoms with van der Waals surface area (Å²) >= 11 is 0. The van der Waals surface area contributed by atoms with Crippen molar-refractivity contribution in [1.29, 1.82) is 0 Å². The third kappa shape index (κ3) is 2.07. The molecule has 0 spiro atoms. The molecule has 0 aliphatic carbocycles. The normalized spacial score (nSPS) is 18.9. The smallest absolute Gasteiger partial charge is 0.235 e. The van der Waals surface area contributed by atoms with Crippen LogP contribution in [0.1, 0.15) is 34.8 Å². The molecule has 1 atom stereocenters. The van der Waals surface area contributed by atoms with Crippen molar-refractivity contribution in [3.05, 3.63) is 41.7 Å². The molecule has 2 amide bonds. The molecule has 1 N–H and O–H groups in total. The molecule has 1 saturated heterocycles. The Morgan fingerprint density at radius 3 is 2.90 bits per heavy atom. The highest BCUT2D eigenvalue weighted by Gasteiger charge is 2.29. The van der Waals surface area contributed by atoms with Crippen LogP contribution in [0.15, 0.2) is 30.5 Å². The number of hydrogen-bond donors (Lipinski definition) is 1. The first-order valence-corrected chi connectivity index (χ1v) is 6.36. The minimum Gasteiger partial charge on any atom is -0.298 e. The molecule has 1 aliphatic heterocycles. The third-order valence-electron chi connectivity index (χ3n) is 3.54. The summed E-state index contributed by atoms with van der Waals surface area (Å²) in [5.41, 5.74) is 1.20. The van der Waals surface area contributed by atoms with Crippen LogP contribution in [0.2, 0.25) is 0 Å². The highest BCUT2D eigenvalue weighted by atomic mass is 16.2. The zero-order chi connectivity index (χ0) is 14.1. The van der Waals surface area contributed by atoms with Crippen molar-refractivity contribution in [1.82, 2.24) is 10.3 Å². The van der Waals surface area contributed by atoms with Crippen molar-refractivity contribution in [3.63, 3.8) is 0 Å². The predicted molar refractivity (Wildman–Crippen MR) is 72.3 cm³/mol. The van der Waals surface area contributed by atoms with Gasteiger partial charge in [0.2, 0.25) is 11.8 Å². The summed E-state index contributed by atoms with van der Waals surface area (Å²) in [5, 5.41) is 3.95. The van der Waals surface area contributed by atoms with Crippen LogP contribution < -0.4 is 5.32 Å². The van der Waals surface area contributed by atoms with Crippen LogP contribution in [-0.4, -0.2) is 23.1 Å². The molecule has 1 aliphatic rings. The van der Waals surface area contributed by atoms with Crippen molar-refractivity contribution in [2.45, 2.75) is 18.8 Å². The molecule has 1 fully saturated rings. The Kier molecular flexibility index (Phi) is 3.02. The van der Waals surface area contributed by atoms with Gasteiger partial charge in [0.15, 0.2) is 6.29 Å². The van der Waals surface area contributed by atoms with E-state index in [4.69, 9.17) is 0 Å². The fraction of sp³-hybridized carbons (Fsp3) is 0.200. The van der Waals surface area contributed by atoms with E-state index in [-0.39, 0.29) is 11.8 Å². The summed E-state index contributed by atoms with van der Waals surface area (Å²) in [6, 6.07) is 7.20. The number of imide groups is 1. The second-order valence-electron chi connectivity index (χ2n) is 4.80. The molecule has 0 bridgehead atoms. The maximum Gasteiger partial charge on any atom is 0.235 e. The van der Waals surface area contributed by atoms with Crippen LogP contribution in [0.5, 0.6) is 0 Å². The number of nitrogens with zero attached hydrogens (tertiary/aromatic N) is 1. The van der Waals surface area contributed by atoms with Crippen LogP contribution in [-0.2, 0) is 9.59 Å². The molecule has 1 aromatic heterocycles. The van der Waals surface area contributed by atoms with Crippen molar-refractivity contribution in [2.24, 2.45) is 0 Å². The fourth-order valence-corrected chi connectivity index (χ4v) is 2.48. The van der Waals surface area contributed by atoms with E-state index in [1.165, 1.54) is 0 Å². The number of pyridine rings is 1. The molecule has 1 unspecified atom stereocenters. The van der Waals surface area contributed by atoms with Crippen LogP contribution in [0.25, 0.3) is 10.8 Å². The molecule has 5 heteroatoms. The Hall–Kier alpha value is -2.56. The van der Waals surface area contributed by atoms with E-state index in [1.54, 1.807) is 18.3 Å². The molecular weight excluding hydrogens is 256 g/mol. The van der Waals surface area contributed by atoms with Gasteiger partial charge in [0.05, 0.1) is 11.6 Å². The average Bonchev–Trinajstić information content (AvgIpc) is 2.46. The Balaban J connectivity index is 2.03. The summed E-state index contributed by atoms with van der Waals surface area (Å²) < 4.78 is 0. The number of carbonyl (C=O) groups excluding carboxylic acids is 3. The van der Waals surface area contributed by atoms with Gasteiger partial charge < -0.3 is 0 Å². The highest BCUT2D eigenvalue weighted by molar-refractivity contribution is 6.02. The van der Waals surface area contributed by atoms with Crippen molar-refractivity contribution in [3.8, 4) is 0 Å². The second-order valence-corrected chi connectivity index (χ2v) is 4.80. The standard InChI is InChI=1S/C15H12N2O3/c18-8-10-3-1-2-9-6-13(16-7-12(9)10)11-4-5-14(19)17-15(11)20/h1-3,6-8,11H,4-5H2,(H,17,19,20). The number of hydrogen-bond acceptors (Lipinski definition) is 4. The first-order chi connectivity index (χ1) is 9.69. The highest BCUT2D eigenvalue weighted by Crippen LogP contribution is 2.26. The lowest BCUT2D eigenvalue weighted by molar-refractivity contribution is -0.134. The van der Waals surface area contributed by atoms with E-state index in [0.717, 1.165) is 17.1 Å². The number of amides is 2. The quantitative estimate of drug-likeness (QED) is 0.662. The van der Waals surface area contributed by atoms with Crippen LogP contribution in [0, 0.1) is 0 Å². The predicted octanol–water partition coefficient (Wildman–Crippen LogP) is 1.57. The number of aldehydes is 1. The van der Waals surface area contributed by atoms with Gasteiger partial charge in [-0.3, -0.25) is 24.7 Å². The number of aromatic nitrogens is 1. The van der Waals surface area contributed by atoms with Crippen LogP contribution in [0.4, 0.5) is 0 Å². The number of piperidine rings is 1. The number of rotatable bonds is 2. The Morgan fingerprint density at radius 2 is 2.15 bits per heavy atom. The summed E-state index contributed by atoms with van der Waals surface area (Å²) in [5.74, 6) is -0.952. The van der Waals surface area contributed by atoms with Gasteiger partial charge in [0.25, 0.3) is 0 Å². The first-order valence-electron chi connectivity index (χ1n) is 6.36. The lowest BCUT2D eigenvalue weighted by Crippen LogP contribution is -2.39. The Morgan fingerprint density at radius 1 is 1.30 bits per heavy atom. The molecule has 1 aromatic carbocycles. The monoisotopic (exact) mass is 268 g/mol. The number of benzene rings is 1. The van der Waals surface area contributed by atoms with Gasteiger partial charge in [0.1, 0.15) is 0 Å². The fourth-order valence-electron chi connectivity index (χ4n) is 2.48. The Bertz CT molecular complexity index is 724. The molecule has 20 heavy (non-hydrogen) atoms. The molecule has 2 aromatic rings. The van der Waals surface area contributed by atoms with Gasteiger partial charge in [-0.15, -0.1) is 0 Å². The van der Waals surface area contributed by atoms with Gasteiger partial charge >= 0.3 is 0 Å². The van der Waals surface area contributed by atoms with Crippen molar-refractivity contribution >= 4 is 28.9 Å². The lowest BCUT2D eigenvalue weighted by atomic mass is 9.93. The van der Waals surface area contributed by atoms with Gasteiger partial charge in [0, 0.05) is 23.6 Å². The van der Waals surface area contributed by atoms with E-state index < -0.39 is 5.92 Å². The van der Waals surface area contributed by atoms with Crippen molar-refractivity contribution < 1.29 is 14.4 Å². The minimum absolute atomic E-state index is 0.240. The number of carbonyl (C=O) groups is 3. The van der Waals surface area contributed by atoms with Crippen LogP contribution >= 0.6 is 0 Å².